The van der Waals surface area contributed by atoms with Crippen LogP contribution in [0.3, 0.4) is 0 Å². The second kappa shape index (κ2) is 10.4. The molecule has 0 bridgehead atoms. The van der Waals surface area contributed by atoms with Gasteiger partial charge in [-0.05, 0) is 18.4 Å². The van der Waals surface area contributed by atoms with Crippen LogP contribution in [0.5, 0.6) is 0 Å². The number of benzene rings is 1. The molecule has 0 aliphatic rings. The van der Waals surface area contributed by atoms with Crippen molar-refractivity contribution < 1.29 is 64.3 Å². The minimum Gasteiger partial charge on any atom is -0.445 e. The summed E-state index contributed by atoms with van der Waals surface area (Å²) in [4.78, 5) is 0. The molecule has 0 unspecified atom stereocenters. The predicted molar refractivity (Wildman–Crippen MR) is 72.2 cm³/mol. The van der Waals surface area contributed by atoms with Gasteiger partial charge in [0.05, 0.1) is 0 Å². The molecule has 102 valence electrons. The standard InChI is InChI=1S/C14H21BF3.K/c1-2-3-4-5-6-7-8-13-9-11-14(12-10-13)15(16,17)18;/h9-12H,2-8H2,1H3;/q-1;+1. The van der Waals surface area contributed by atoms with Crippen LogP contribution in [0, 0.1) is 0 Å². The molecule has 0 aromatic heterocycles. The number of halogens is 3. The molecule has 0 N–H and O–H groups in total. The van der Waals surface area contributed by atoms with Crippen LogP contribution in [0.4, 0.5) is 12.9 Å². The van der Waals surface area contributed by atoms with E-state index in [1.807, 2.05) is 0 Å². The van der Waals surface area contributed by atoms with E-state index in [1.165, 1.54) is 44.2 Å². The molecule has 19 heavy (non-hydrogen) atoms. The molecular weight excluding hydrogens is 275 g/mol. The van der Waals surface area contributed by atoms with Gasteiger partial charge < -0.3 is 12.9 Å². The third-order valence-corrected chi connectivity index (χ3v) is 3.18. The summed E-state index contributed by atoms with van der Waals surface area (Å²) in [5, 5.41) is 0. The monoisotopic (exact) mass is 296 g/mol. The van der Waals surface area contributed by atoms with E-state index < -0.39 is 12.4 Å². The SMILES string of the molecule is CCCCCCCCc1ccc([B-](F)(F)F)cc1.[K+]. The third kappa shape index (κ3) is 8.56. The van der Waals surface area contributed by atoms with E-state index in [2.05, 4.69) is 6.92 Å². The summed E-state index contributed by atoms with van der Waals surface area (Å²) in [7, 11) is 0. The molecule has 5 heteroatoms. The first-order chi connectivity index (χ1) is 8.54. The summed E-state index contributed by atoms with van der Waals surface area (Å²) in [5.41, 5.74) is 0.510. The minimum absolute atomic E-state index is 0. The van der Waals surface area contributed by atoms with Gasteiger partial charge in [-0.15, -0.1) is 5.46 Å². The van der Waals surface area contributed by atoms with Gasteiger partial charge in [-0.1, -0.05) is 63.3 Å². The van der Waals surface area contributed by atoms with Crippen molar-refractivity contribution in [3.63, 3.8) is 0 Å². The Morgan fingerprint density at radius 2 is 1.37 bits per heavy atom. The molecule has 0 nitrogen and oxygen atoms in total. The Morgan fingerprint density at radius 1 is 0.842 bits per heavy atom. The Hall–Kier alpha value is 0.711. The van der Waals surface area contributed by atoms with Crippen LogP contribution in [-0.2, 0) is 6.42 Å². The van der Waals surface area contributed by atoms with Crippen molar-refractivity contribution in [1.29, 1.82) is 0 Å². The Kier molecular flexibility index (Phi) is 10.8. The van der Waals surface area contributed by atoms with E-state index in [1.54, 1.807) is 12.1 Å². The van der Waals surface area contributed by atoms with Gasteiger partial charge in [-0.25, -0.2) is 0 Å². The summed E-state index contributed by atoms with van der Waals surface area (Å²) in [5.74, 6) is 0. The van der Waals surface area contributed by atoms with E-state index in [0.717, 1.165) is 18.4 Å². The van der Waals surface area contributed by atoms with Gasteiger partial charge in [-0.2, -0.15) is 0 Å². The quantitative estimate of drug-likeness (QED) is 0.505. The van der Waals surface area contributed by atoms with Crippen LogP contribution >= 0.6 is 0 Å². The smallest absolute Gasteiger partial charge is 0.445 e. The largest absolute Gasteiger partial charge is 1.00 e. The Balaban J connectivity index is 0.00000324. The van der Waals surface area contributed by atoms with E-state index >= 15 is 0 Å². The van der Waals surface area contributed by atoms with Gasteiger partial charge in [0.25, 0.3) is 0 Å². The number of unbranched alkanes of at least 4 members (excludes halogenated alkanes) is 5. The van der Waals surface area contributed by atoms with Crippen LogP contribution in [0.25, 0.3) is 0 Å². The zero-order valence-electron chi connectivity index (χ0n) is 12.0. The first-order valence-corrected chi connectivity index (χ1v) is 6.83. The number of hydrogen-bond donors (Lipinski definition) is 0. The maximum absolute atomic E-state index is 12.4. The normalized spacial score (nSPS) is 11.2. The van der Waals surface area contributed by atoms with E-state index in [-0.39, 0.29) is 51.4 Å². The second-order valence-electron chi connectivity index (χ2n) is 4.83. The van der Waals surface area contributed by atoms with Crippen LogP contribution in [0.2, 0.25) is 0 Å². The van der Waals surface area contributed by atoms with Crippen molar-refractivity contribution in [3.8, 4) is 0 Å². The van der Waals surface area contributed by atoms with Crippen molar-refractivity contribution in [2.75, 3.05) is 0 Å². The molecule has 1 aromatic carbocycles. The van der Waals surface area contributed by atoms with E-state index in [0.29, 0.717) is 0 Å². The van der Waals surface area contributed by atoms with Crippen LogP contribution in [-0.4, -0.2) is 6.98 Å². The van der Waals surface area contributed by atoms with Crippen molar-refractivity contribution in [2.24, 2.45) is 0 Å². The van der Waals surface area contributed by atoms with Gasteiger partial charge in [0.15, 0.2) is 0 Å². The summed E-state index contributed by atoms with van der Waals surface area (Å²) in [6.07, 6.45) is 8.15. The molecule has 1 aromatic rings. The van der Waals surface area contributed by atoms with Gasteiger partial charge >= 0.3 is 58.4 Å². The van der Waals surface area contributed by atoms with Crippen molar-refractivity contribution >= 4 is 12.4 Å². The molecule has 1 rings (SSSR count). The maximum atomic E-state index is 12.4. The fourth-order valence-corrected chi connectivity index (χ4v) is 2.01. The molecule has 0 saturated heterocycles. The summed E-state index contributed by atoms with van der Waals surface area (Å²) >= 11 is 0. The van der Waals surface area contributed by atoms with Gasteiger partial charge in [-0.3, -0.25) is 0 Å². The Labute approximate surface area is 157 Å². The Morgan fingerprint density at radius 3 is 1.89 bits per heavy atom. The number of aryl methyl sites for hydroxylation is 1. The topological polar surface area (TPSA) is 0 Å². The molecular formula is C14H21BF3K. The maximum Gasteiger partial charge on any atom is 1.00 e. The molecule has 0 aliphatic heterocycles. The van der Waals surface area contributed by atoms with Gasteiger partial charge in [0.2, 0.25) is 0 Å². The fraction of sp³-hybridized carbons (Fsp3) is 0.571. The number of hydrogen-bond acceptors (Lipinski definition) is 0. The van der Waals surface area contributed by atoms with Crippen molar-refractivity contribution in [3.05, 3.63) is 29.8 Å². The molecule has 0 heterocycles. The summed E-state index contributed by atoms with van der Waals surface area (Å²) in [6, 6.07) is 5.62. The van der Waals surface area contributed by atoms with Crippen LogP contribution < -0.4 is 56.8 Å². The second-order valence-corrected chi connectivity index (χ2v) is 4.83. The van der Waals surface area contributed by atoms with Crippen LogP contribution in [0.15, 0.2) is 24.3 Å². The van der Waals surface area contributed by atoms with E-state index in [9.17, 15) is 12.9 Å². The fourth-order valence-electron chi connectivity index (χ4n) is 2.01. The van der Waals surface area contributed by atoms with E-state index in [4.69, 9.17) is 0 Å². The van der Waals surface area contributed by atoms with Crippen molar-refractivity contribution in [1.82, 2.24) is 0 Å². The number of rotatable bonds is 8. The predicted octanol–water partition coefficient (Wildman–Crippen LogP) is 1.65. The first-order valence-electron chi connectivity index (χ1n) is 6.83. The van der Waals surface area contributed by atoms with Gasteiger partial charge in [0.1, 0.15) is 0 Å². The minimum atomic E-state index is -4.85. The summed E-state index contributed by atoms with van der Waals surface area (Å²) < 4.78 is 37.2. The molecule has 0 atom stereocenters. The van der Waals surface area contributed by atoms with Crippen molar-refractivity contribution in [2.45, 2.75) is 51.9 Å². The molecule has 0 radical (unpaired) electrons. The third-order valence-electron chi connectivity index (χ3n) is 3.18. The zero-order chi connectivity index (χ0) is 13.4. The molecule has 0 amide bonds. The zero-order valence-corrected chi connectivity index (χ0v) is 15.1. The summed E-state index contributed by atoms with van der Waals surface area (Å²) in [6.45, 7) is -2.66. The average Bonchev–Trinajstić information content (AvgIpc) is 2.33. The molecule has 0 saturated carbocycles. The molecule has 0 spiro atoms. The van der Waals surface area contributed by atoms with Gasteiger partial charge in [0, 0.05) is 0 Å². The van der Waals surface area contributed by atoms with Crippen LogP contribution in [0.1, 0.15) is 51.0 Å². The molecule has 0 fully saturated rings. The molecule has 0 aliphatic carbocycles. The average molecular weight is 296 g/mol. The Bertz CT molecular complexity index is 336. The first kappa shape index (κ1) is 19.7.